The number of nitrogens with one attached hydrogen (secondary N) is 1. The van der Waals surface area contributed by atoms with Crippen molar-refractivity contribution >= 4 is 31.6 Å². The van der Waals surface area contributed by atoms with Crippen molar-refractivity contribution in [2.75, 3.05) is 25.6 Å². The Bertz CT molecular complexity index is 1230. The Morgan fingerprint density at radius 3 is 2.72 bits per heavy atom. The summed E-state index contributed by atoms with van der Waals surface area (Å²) in [6.07, 6.45) is 1.62. The number of nitrogens with two attached hydrogens (primary N) is 1. The number of esters is 1. The van der Waals surface area contributed by atoms with Crippen molar-refractivity contribution in [2.24, 2.45) is 5.92 Å². The lowest BCUT2D eigenvalue weighted by molar-refractivity contribution is -0.144. The molecule has 1 aliphatic heterocycles. The Morgan fingerprint density at radius 1 is 1.23 bits per heavy atom. The number of benzene rings is 1. The Balaban J connectivity index is 1.44. The standard InChI is InChI=1S/C26H37N6O6P/c1-6-34-23-21-22(29-26(27)30-23)32(15-28-21)24-16(3)13-20(37-24)14-36-39(31-17(4)25(33)35-7-2)38-18(5)19-11-9-8-10-12-19/h8-12,15-18,20,24,31H,6-7,13-14H2,1-5H3,(H2,27,29,30)/t16?,17-,18?,20?,24?,39?/m0/s1. The molecule has 3 heterocycles. The number of carbonyl (C=O) groups is 1. The van der Waals surface area contributed by atoms with Gasteiger partial charge >= 0.3 is 5.97 Å². The summed E-state index contributed by atoms with van der Waals surface area (Å²) in [5.41, 5.74) is 8.02. The zero-order valence-corrected chi connectivity index (χ0v) is 23.8. The van der Waals surface area contributed by atoms with Gasteiger partial charge in [-0.05, 0) is 39.7 Å². The van der Waals surface area contributed by atoms with Gasteiger partial charge in [-0.1, -0.05) is 37.3 Å². The molecule has 13 heteroatoms. The van der Waals surface area contributed by atoms with E-state index in [0.717, 1.165) is 12.0 Å². The van der Waals surface area contributed by atoms with Crippen LogP contribution in [0.2, 0.25) is 0 Å². The van der Waals surface area contributed by atoms with Gasteiger partial charge in [-0.3, -0.25) is 9.36 Å². The third-order valence-electron chi connectivity index (χ3n) is 6.26. The number of aromatic nitrogens is 4. The fourth-order valence-electron chi connectivity index (χ4n) is 4.35. The minimum absolute atomic E-state index is 0.107. The summed E-state index contributed by atoms with van der Waals surface area (Å²) < 4.78 is 31.4. The second-order valence-corrected chi connectivity index (χ2v) is 10.6. The van der Waals surface area contributed by atoms with E-state index in [1.54, 1.807) is 20.2 Å². The van der Waals surface area contributed by atoms with Gasteiger partial charge in [0.05, 0.1) is 38.4 Å². The van der Waals surface area contributed by atoms with E-state index < -0.39 is 14.6 Å². The van der Waals surface area contributed by atoms with Gasteiger partial charge in [0, 0.05) is 5.92 Å². The van der Waals surface area contributed by atoms with Crippen LogP contribution in [0.4, 0.5) is 5.95 Å². The maximum Gasteiger partial charge on any atom is 0.323 e. The van der Waals surface area contributed by atoms with E-state index in [1.807, 2.05) is 48.7 Å². The molecule has 212 valence electrons. The first kappa shape index (κ1) is 29.1. The van der Waals surface area contributed by atoms with E-state index in [0.29, 0.717) is 30.3 Å². The van der Waals surface area contributed by atoms with Gasteiger partial charge < -0.3 is 29.0 Å². The van der Waals surface area contributed by atoms with E-state index in [2.05, 4.69) is 27.0 Å². The molecule has 3 N–H and O–H groups in total. The molecule has 5 unspecified atom stereocenters. The van der Waals surface area contributed by atoms with Crippen LogP contribution in [0.5, 0.6) is 5.88 Å². The number of fused-ring (bicyclic) bond motifs is 1. The summed E-state index contributed by atoms with van der Waals surface area (Å²) in [6, 6.07) is 9.24. The summed E-state index contributed by atoms with van der Waals surface area (Å²) in [4.78, 5) is 25.3. The molecule has 1 saturated heterocycles. The van der Waals surface area contributed by atoms with Crippen LogP contribution in [0, 0.1) is 5.92 Å². The molecule has 2 aromatic heterocycles. The summed E-state index contributed by atoms with van der Waals surface area (Å²) >= 11 is 0. The molecular formula is C26H37N6O6P. The Morgan fingerprint density at radius 2 is 2.00 bits per heavy atom. The predicted octanol–water partition coefficient (Wildman–Crippen LogP) is 4.29. The molecule has 0 spiro atoms. The number of nitrogen functional groups attached to an aromatic ring is 1. The molecule has 6 atom stereocenters. The zero-order chi connectivity index (χ0) is 27.9. The number of carbonyl (C=O) groups excluding carboxylic acids is 1. The number of hydrogen-bond donors (Lipinski definition) is 2. The molecule has 3 aromatic rings. The maximum atomic E-state index is 12.3. The fraction of sp³-hybridized carbons (Fsp3) is 0.538. The summed E-state index contributed by atoms with van der Waals surface area (Å²) in [7, 11) is -1.64. The quantitative estimate of drug-likeness (QED) is 0.228. The Hall–Kier alpha value is -2.89. The highest BCUT2D eigenvalue weighted by atomic mass is 31.2. The van der Waals surface area contributed by atoms with Gasteiger partial charge in [0.25, 0.3) is 8.53 Å². The van der Waals surface area contributed by atoms with Crippen LogP contribution < -0.4 is 15.6 Å². The van der Waals surface area contributed by atoms with Gasteiger partial charge in [0.2, 0.25) is 11.8 Å². The molecule has 1 aromatic carbocycles. The smallest absolute Gasteiger partial charge is 0.323 e. The van der Waals surface area contributed by atoms with Crippen LogP contribution in [-0.4, -0.2) is 57.5 Å². The average molecular weight is 561 g/mol. The number of ether oxygens (including phenoxy) is 3. The van der Waals surface area contributed by atoms with Crippen molar-refractivity contribution in [3.05, 3.63) is 42.2 Å². The zero-order valence-electron chi connectivity index (χ0n) is 22.9. The van der Waals surface area contributed by atoms with Crippen LogP contribution in [0.25, 0.3) is 11.2 Å². The van der Waals surface area contributed by atoms with Crippen LogP contribution in [-0.2, 0) is 23.3 Å². The fourth-order valence-corrected chi connectivity index (χ4v) is 5.68. The second kappa shape index (κ2) is 13.5. The summed E-state index contributed by atoms with van der Waals surface area (Å²) in [6.45, 7) is 10.4. The predicted molar refractivity (Wildman–Crippen MR) is 147 cm³/mol. The molecule has 0 saturated carbocycles. The van der Waals surface area contributed by atoms with Crippen molar-refractivity contribution in [3.8, 4) is 5.88 Å². The normalized spacial score (nSPS) is 21.5. The van der Waals surface area contributed by atoms with Crippen LogP contribution in [0.1, 0.15) is 58.9 Å². The van der Waals surface area contributed by atoms with Crippen LogP contribution in [0.15, 0.2) is 36.7 Å². The lowest BCUT2D eigenvalue weighted by Gasteiger charge is -2.25. The number of nitrogens with zero attached hydrogens (tertiary/aromatic N) is 4. The van der Waals surface area contributed by atoms with Crippen LogP contribution >= 0.6 is 8.53 Å². The lowest BCUT2D eigenvalue weighted by atomic mass is 10.1. The first-order valence-electron chi connectivity index (χ1n) is 13.2. The van der Waals surface area contributed by atoms with E-state index >= 15 is 0 Å². The molecule has 1 aliphatic rings. The Labute approximate surface area is 229 Å². The topological polar surface area (TPSA) is 145 Å². The van der Waals surface area contributed by atoms with Gasteiger partial charge in [0.1, 0.15) is 12.3 Å². The minimum Gasteiger partial charge on any atom is -0.476 e. The molecular weight excluding hydrogens is 523 g/mol. The highest BCUT2D eigenvalue weighted by Gasteiger charge is 2.36. The molecule has 0 aliphatic carbocycles. The van der Waals surface area contributed by atoms with Crippen molar-refractivity contribution in [1.82, 2.24) is 24.6 Å². The first-order chi connectivity index (χ1) is 18.8. The minimum atomic E-state index is -1.64. The van der Waals surface area contributed by atoms with Crippen molar-refractivity contribution in [1.29, 1.82) is 0 Å². The largest absolute Gasteiger partial charge is 0.476 e. The number of hydrogen-bond acceptors (Lipinski definition) is 11. The summed E-state index contributed by atoms with van der Waals surface area (Å²) in [5, 5.41) is 3.16. The highest BCUT2D eigenvalue weighted by molar-refractivity contribution is 7.45. The lowest BCUT2D eigenvalue weighted by Crippen LogP contribution is -2.33. The average Bonchev–Trinajstić information content (AvgIpc) is 3.50. The van der Waals surface area contributed by atoms with Crippen molar-refractivity contribution in [2.45, 2.75) is 65.5 Å². The van der Waals surface area contributed by atoms with Gasteiger partial charge in [-0.25, -0.2) is 10.1 Å². The van der Waals surface area contributed by atoms with Gasteiger partial charge in [0.15, 0.2) is 11.2 Å². The van der Waals surface area contributed by atoms with Crippen molar-refractivity contribution < 1.29 is 28.1 Å². The maximum absolute atomic E-state index is 12.3. The third kappa shape index (κ3) is 7.20. The number of rotatable bonds is 13. The number of imidazole rings is 1. The molecule has 4 rings (SSSR count). The van der Waals surface area contributed by atoms with E-state index in [1.165, 1.54) is 0 Å². The number of anilines is 1. The van der Waals surface area contributed by atoms with Gasteiger partial charge in [-0.2, -0.15) is 9.97 Å². The van der Waals surface area contributed by atoms with E-state index in [9.17, 15) is 4.79 Å². The van der Waals surface area contributed by atoms with E-state index in [4.69, 9.17) is 29.0 Å². The molecule has 39 heavy (non-hydrogen) atoms. The van der Waals surface area contributed by atoms with Gasteiger partial charge in [-0.15, -0.1) is 0 Å². The molecule has 0 bridgehead atoms. The monoisotopic (exact) mass is 560 g/mol. The first-order valence-corrected chi connectivity index (χ1v) is 14.3. The second-order valence-electron chi connectivity index (χ2n) is 9.32. The van der Waals surface area contributed by atoms with E-state index in [-0.39, 0.29) is 42.9 Å². The molecule has 12 nitrogen and oxygen atoms in total. The molecule has 1 fully saturated rings. The molecule has 0 amide bonds. The highest BCUT2D eigenvalue weighted by Crippen LogP contribution is 2.43. The Kier molecular flexibility index (Phi) is 10.0. The third-order valence-corrected chi connectivity index (χ3v) is 7.74. The molecule has 0 radical (unpaired) electrons. The van der Waals surface area contributed by atoms with Crippen molar-refractivity contribution in [3.63, 3.8) is 0 Å². The van der Waals surface area contributed by atoms with Crippen LogP contribution in [0.3, 0.4) is 0 Å². The summed E-state index contributed by atoms with van der Waals surface area (Å²) in [5.74, 6) is 0.233. The SMILES string of the molecule is CCOC(=O)[C@H](C)NP(OCC1CC(C)C(n2cnc3c(OCC)nc(N)nc32)O1)OC(C)c1ccccc1.